The second-order valence-corrected chi connectivity index (χ2v) is 3.22. The van der Waals surface area contributed by atoms with Crippen LogP contribution in [0.25, 0.3) is 11.3 Å². The lowest BCUT2D eigenvalue weighted by Gasteiger charge is -2.04. The number of pyridine rings is 1. The van der Waals surface area contributed by atoms with E-state index < -0.39 is 11.6 Å². The van der Waals surface area contributed by atoms with E-state index in [0.717, 1.165) is 12.3 Å². The van der Waals surface area contributed by atoms with Gasteiger partial charge in [-0.25, -0.2) is 8.78 Å². The van der Waals surface area contributed by atoms with Gasteiger partial charge in [0.1, 0.15) is 17.3 Å². The minimum absolute atomic E-state index is 0.111. The molecule has 0 aliphatic carbocycles. The fourth-order valence-electron chi connectivity index (χ4n) is 1.40. The van der Waals surface area contributed by atoms with Crippen LogP contribution in [0.3, 0.4) is 0 Å². The zero-order chi connectivity index (χ0) is 11.5. The average Bonchev–Trinajstić information content (AvgIpc) is 2.29. The molecule has 1 aromatic carbocycles. The number of hydrogen-bond acceptors (Lipinski definition) is 2. The number of nitrogens with zero attached hydrogens (tertiary/aromatic N) is 1. The van der Waals surface area contributed by atoms with Crippen molar-refractivity contribution in [1.82, 2.24) is 4.98 Å². The fourth-order valence-corrected chi connectivity index (χ4v) is 1.40. The van der Waals surface area contributed by atoms with Crippen LogP contribution in [0.1, 0.15) is 0 Å². The van der Waals surface area contributed by atoms with Gasteiger partial charge in [0.05, 0.1) is 13.3 Å². The molecule has 4 heteroatoms. The van der Waals surface area contributed by atoms with Gasteiger partial charge < -0.3 is 4.74 Å². The lowest BCUT2D eigenvalue weighted by atomic mass is 10.1. The highest BCUT2D eigenvalue weighted by Gasteiger charge is 2.08. The third kappa shape index (κ3) is 2.00. The van der Waals surface area contributed by atoms with Crippen LogP contribution >= 0.6 is 0 Å². The highest BCUT2D eigenvalue weighted by molar-refractivity contribution is 5.61. The monoisotopic (exact) mass is 221 g/mol. The van der Waals surface area contributed by atoms with Gasteiger partial charge in [-0.05, 0) is 12.1 Å². The van der Waals surface area contributed by atoms with Gasteiger partial charge in [0, 0.05) is 11.6 Å². The van der Waals surface area contributed by atoms with E-state index in [2.05, 4.69) is 4.98 Å². The summed E-state index contributed by atoms with van der Waals surface area (Å²) < 4.78 is 31.1. The molecule has 82 valence electrons. The van der Waals surface area contributed by atoms with Crippen molar-refractivity contribution >= 4 is 0 Å². The molecular formula is C12H9F2NO. The van der Waals surface area contributed by atoms with Gasteiger partial charge in [-0.2, -0.15) is 0 Å². The maximum atomic E-state index is 13.4. The Bertz CT molecular complexity index is 514. The molecule has 0 radical (unpaired) electrons. The van der Waals surface area contributed by atoms with Crippen LogP contribution in [-0.2, 0) is 0 Å². The van der Waals surface area contributed by atoms with Crippen molar-refractivity contribution in [2.75, 3.05) is 7.11 Å². The van der Waals surface area contributed by atoms with Gasteiger partial charge >= 0.3 is 0 Å². The third-order valence-electron chi connectivity index (χ3n) is 2.15. The highest BCUT2D eigenvalue weighted by atomic mass is 19.1. The van der Waals surface area contributed by atoms with Crippen molar-refractivity contribution in [3.05, 3.63) is 48.2 Å². The number of hydrogen-bond donors (Lipinski definition) is 0. The summed E-state index contributed by atoms with van der Waals surface area (Å²) in [4.78, 5) is 3.72. The lowest BCUT2D eigenvalue weighted by Crippen LogP contribution is -1.91. The van der Waals surface area contributed by atoms with Crippen molar-refractivity contribution in [3.8, 4) is 17.0 Å². The van der Waals surface area contributed by atoms with Crippen molar-refractivity contribution in [2.24, 2.45) is 0 Å². The summed E-state index contributed by atoms with van der Waals surface area (Å²) in [7, 11) is 1.52. The molecule has 0 amide bonds. The quantitative estimate of drug-likeness (QED) is 0.777. The van der Waals surface area contributed by atoms with Crippen LogP contribution in [0.2, 0.25) is 0 Å². The average molecular weight is 221 g/mol. The molecule has 2 aromatic rings. The molecule has 0 saturated carbocycles. The van der Waals surface area contributed by atoms with E-state index in [9.17, 15) is 8.78 Å². The van der Waals surface area contributed by atoms with Crippen molar-refractivity contribution in [2.45, 2.75) is 0 Å². The van der Waals surface area contributed by atoms with E-state index in [1.165, 1.54) is 7.11 Å². The predicted molar refractivity (Wildman–Crippen MR) is 56.1 cm³/mol. The summed E-state index contributed by atoms with van der Waals surface area (Å²) in [6, 6.07) is 7.60. The Hall–Kier alpha value is -1.97. The van der Waals surface area contributed by atoms with Crippen LogP contribution < -0.4 is 4.74 Å². The number of aromatic nitrogens is 1. The standard InChI is InChI=1S/C12H9F2NO/c1-16-10-4-2-3-8(5-10)12-11(14)6-9(13)7-15-12/h2-7H,1H3. The molecule has 1 aromatic heterocycles. The summed E-state index contributed by atoms with van der Waals surface area (Å²) in [6.45, 7) is 0. The maximum absolute atomic E-state index is 13.4. The molecule has 2 nitrogen and oxygen atoms in total. The van der Waals surface area contributed by atoms with E-state index >= 15 is 0 Å². The van der Waals surface area contributed by atoms with Gasteiger partial charge in [0.15, 0.2) is 5.82 Å². The Labute approximate surface area is 91.5 Å². The van der Waals surface area contributed by atoms with E-state index in [0.29, 0.717) is 11.3 Å². The van der Waals surface area contributed by atoms with Gasteiger partial charge in [-0.3, -0.25) is 4.98 Å². The number of halogens is 2. The van der Waals surface area contributed by atoms with E-state index in [-0.39, 0.29) is 5.69 Å². The van der Waals surface area contributed by atoms with Crippen LogP contribution in [0, 0.1) is 11.6 Å². The molecular weight excluding hydrogens is 212 g/mol. The number of rotatable bonds is 2. The Morgan fingerprint density at radius 1 is 1.19 bits per heavy atom. The molecule has 0 atom stereocenters. The second-order valence-electron chi connectivity index (χ2n) is 3.22. The third-order valence-corrected chi connectivity index (χ3v) is 2.15. The molecule has 0 spiro atoms. The normalized spacial score (nSPS) is 10.2. The first kappa shape index (κ1) is 10.5. The first-order valence-electron chi connectivity index (χ1n) is 4.66. The summed E-state index contributed by atoms with van der Waals surface area (Å²) in [5.74, 6) is -0.777. The molecule has 0 bridgehead atoms. The van der Waals surface area contributed by atoms with Crippen LogP contribution in [0.4, 0.5) is 8.78 Å². The van der Waals surface area contributed by atoms with Gasteiger partial charge in [-0.1, -0.05) is 12.1 Å². The number of benzene rings is 1. The topological polar surface area (TPSA) is 22.1 Å². The smallest absolute Gasteiger partial charge is 0.152 e. The predicted octanol–water partition coefficient (Wildman–Crippen LogP) is 3.04. The summed E-state index contributed by atoms with van der Waals surface area (Å²) in [5.41, 5.74) is 0.664. The zero-order valence-electron chi connectivity index (χ0n) is 8.58. The Morgan fingerprint density at radius 3 is 2.69 bits per heavy atom. The SMILES string of the molecule is COc1cccc(-c2ncc(F)cc2F)c1. The minimum Gasteiger partial charge on any atom is -0.497 e. The van der Waals surface area contributed by atoms with Crippen LogP contribution in [0.15, 0.2) is 36.5 Å². The Balaban J connectivity index is 2.49. The van der Waals surface area contributed by atoms with E-state index in [4.69, 9.17) is 4.74 Å². The fraction of sp³-hybridized carbons (Fsp3) is 0.0833. The molecule has 0 aliphatic rings. The minimum atomic E-state index is -0.691. The van der Waals surface area contributed by atoms with Crippen molar-refractivity contribution < 1.29 is 13.5 Å². The molecule has 16 heavy (non-hydrogen) atoms. The first-order valence-corrected chi connectivity index (χ1v) is 4.66. The highest BCUT2D eigenvalue weighted by Crippen LogP contribution is 2.24. The van der Waals surface area contributed by atoms with Gasteiger partial charge in [0.25, 0.3) is 0 Å². The molecule has 0 aliphatic heterocycles. The molecule has 0 unspecified atom stereocenters. The van der Waals surface area contributed by atoms with Crippen LogP contribution in [-0.4, -0.2) is 12.1 Å². The largest absolute Gasteiger partial charge is 0.497 e. The number of methoxy groups -OCH3 is 1. The van der Waals surface area contributed by atoms with Crippen LogP contribution in [0.5, 0.6) is 5.75 Å². The maximum Gasteiger partial charge on any atom is 0.152 e. The zero-order valence-corrected chi connectivity index (χ0v) is 8.58. The molecule has 0 N–H and O–H groups in total. The molecule has 1 heterocycles. The van der Waals surface area contributed by atoms with Crippen molar-refractivity contribution in [1.29, 1.82) is 0 Å². The van der Waals surface area contributed by atoms with Crippen molar-refractivity contribution in [3.63, 3.8) is 0 Å². The summed E-state index contributed by atoms with van der Waals surface area (Å²) in [6.07, 6.45) is 0.984. The molecule has 0 fully saturated rings. The second kappa shape index (κ2) is 4.26. The van der Waals surface area contributed by atoms with E-state index in [1.54, 1.807) is 24.3 Å². The molecule has 2 rings (SSSR count). The van der Waals surface area contributed by atoms with Gasteiger partial charge in [0.2, 0.25) is 0 Å². The molecule has 0 saturated heterocycles. The summed E-state index contributed by atoms with van der Waals surface area (Å²) >= 11 is 0. The van der Waals surface area contributed by atoms with E-state index in [1.807, 2.05) is 0 Å². The lowest BCUT2D eigenvalue weighted by molar-refractivity contribution is 0.415. The Morgan fingerprint density at radius 2 is 2.00 bits per heavy atom. The summed E-state index contributed by atoms with van der Waals surface area (Å²) in [5, 5.41) is 0. The van der Waals surface area contributed by atoms with Gasteiger partial charge in [-0.15, -0.1) is 0 Å². The first-order chi connectivity index (χ1) is 7.70. The number of ether oxygens (including phenoxy) is 1. The Kier molecular flexibility index (Phi) is 2.81.